The fourth-order valence-corrected chi connectivity index (χ4v) is 1.44. The second-order valence-corrected chi connectivity index (χ2v) is 3.27. The van der Waals surface area contributed by atoms with Crippen LogP contribution in [0.15, 0.2) is 18.7 Å². The van der Waals surface area contributed by atoms with Crippen LogP contribution in [0.4, 0.5) is 10.1 Å². The molecule has 7 heteroatoms. The summed E-state index contributed by atoms with van der Waals surface area (Å²) in [6, 6.07) is 1.32. The first-order valence-corrected chi connectivity index (χ1v) is 4.91. The van der Waals surface area contributed by atoms with Gasteiger partial charge >= 0.3 is 5.97 Å². The lowest BCUT2D eigenvalue weighted by molar-refractivity contribution is -0.385. The van der Waals surface area contributed by atoms with Crippen molar-refractivity contribution in [3.8, 4) is 0 Å². The zero-order valence-corrected chi connectivity index (χ0v) is 9.47. The van der Waals surface area contributed by atoms with E-state index >= 15 is 0 Å². The number of halogens is 1. The summed E-state index contributed by atoms with van der Waals surface area (Å²) >= 11 is 0. The third kappa shape index (κ3) is 2.62. The maximum atomic E-state index is 13.1. The van der Waals surface area contributed by atoms with Gasteiger partial charge in [-0.1, -0.05) is 6.58 Å². The Balaban J connectivity index is 3.55. The van der Waals surface area contributed by atoms with Crippen molar-refractivity contribution in [3.63, 3.8) is 0 Å². The van der Waals surface area contributed by atoms with Gasteiger partial charge in [0.25, 0.3) is 5.69 Å². The minimum Gasteiger partial charge on any atom is -0.494 e. The molecule has 0 aliphatic carbocycles. The van der Waals surface area contributed by atoms with Crippen molar-refractivity contribution in [2.45, 2.75) is 6.92 Å². The van der Waals surface area contributed by atoms with E-state index in [2.05, 4.69) is 6.58 Å². The van der Waals surface area contributed by atoms with E-state index in [1.807, 2.05) is 0 Å². The second kappa shape index (κ2) is 5.26. The molecule has 18 heavy (non-hydrogen) atoms. The summed E-state index contributed by atoms with van der Waals surface area (Å²) in [6.45, 7) is 5.19. The summed E-state index contributed by atoms with van der Waals surface area (Å²) in [5.41, 5.74) is -1.57. The van der Waals surface area contributed by atoms with E-state index in [1.54, 1.807) is 6.92 Å². The van der Waals surface area contributed by atoms with Gasteiger partial charge in [0.2, 0.25) is 0 Å². The number of hydrogen-bond donors (Lipinski definition) is 1. The summed E-state index contributed by atoms with van der Waals surface area (Å²) in [4.78, 5) is 20.9. The molecule has 0 aliphatic rings. The van der Waals surface area contributed by atoms with E-state index in [-0.39, 0.29) is 17.9 Å². The molecular formula is C11H10FNO5. The highest BCUT2D eigenvalue weighted by Crippen LogP contribution is 2.30. The monoisotopic (exact) mass is 255 g/mol. The molecule has 0 aliphatic heterocycles. The predicted octanol–water partition coefficient (Wildman–Crippen LogP) is 2.44. The van der Waals surface area contributed by atoms with Crippen LogP contribution >= 0.6 is 0 Å². The maximum absolute atomic E-state index is 13.1. The molecule has 1 N–H and O–H groups in total. The SMILES string of the molecule is C=C(OCC)c1c(C(=O)O)cc(F)cc1[N+](=O)[O-]. The minimum absolute atomic E-state index is 0.159. The van der Waals surface area contributed by atoms with Crippen LogP contribution < -0.4 is 0 Å². The number of nitro benzene ring substituents is 1. The zero-order valence-electron chi connectivity index (χ0n) is 9.47. The van der Waals surface area contributed by atoms with Crippen molar-refractivity contribution < 1.29 is 24.0 Å². The average molecular weight is 255 g/mol. The predicted molar refractivity (Wildman–Crippen MR) is 60.7 cm³/mol. The third-order valence-corrected chi connectivity index (χ3v) is 2.11. The van der Waals surface area contributed by atoms with Gasteiger partial charge < -0.3 is 9.84 Å². The molecule has 1 aromatic rings. The quantitative estimate of drug-likeness (QED) is 0.495. The zero-order chi connectivity index (χ0) is 13.9. The van der Waals surface area contributed by atoms with Crippen LogP contribution in [0.25, 0.3) is 5.76 Å². The number of aromatic carboxylic acids is 1. The number of carbonyl (C=O) groups is 1. The number of carboxylic acids is 1. The number of hydrogen-bond acceptors (Lipinski definition) is 4. The van der Waals surface area contributed by atoms with Gasteiger partial charge in [0.05, 0.1) is 23.2 Å². The summed E-state index contributed by atoms with van der Waals surface area (Å²) in [5.74, 6) is -2.68. The highest BCUT2D eigenvalue weighted by atomic mass is 19.1. The van der Waals surface area contributed by atoms with Crippen molar-refractivity contribution in [1.29, 1.82) is 0 Å². The molecule has 0 saturated heterocycles. The van der Waals surface area contributed by atoms with Crippen LogP contribution in [0.5, 0.6) is 0 Å². The normalized spacial score (nSPS) is 9.89. The van der Waals surface area contributed by atoms with Crippen LogP contribution in [0.2, 0.25) is 0 Å². The number of carboxylic acid groups (broad SMARTS) is 1. The van der Waals surface area contributed by atoms with E-state index in [9.17, 15) is 19.3 Å². The molecule has 96 valence electrons. The van der Waals surface area contributed by atoms with Crippen LogP contribution in [0, 0.1) is 15.9 Å². The standard InChI is InChI=1S/C11H10FNO5/c1-3-18-6(2)10-8(11(14)15)4-7(12)5-9(10)13(16)17/h4-5H,2-3H2,1H3,(H,14,15). The smallest absolute Gasteiger partial charge is 0.336 e. The highest BCUT2D eigenvalue weighted by Gasteiger charge is 2.26. The van der Waals surface area contributed by atoms with Crippen molar-refractivity contribution in [2.75, 3.05) is 6.61 Å². The Labute approximate surface area is 101 Å². The Morgan fingerprint density at radius 2 is 2.22 bits per heavy atom. The van der Waals surface area contributed by atoms with E-state index in [0.29, 0.717) is 12.1 Å². The van der Waals surface area contributed by atoms with Gasteiger partial charge in [0.1, 0.15) is 17.1 Å². The van der Waals surface area contributed by atoms with Gasteiger partial charge in [-0.25, -0.2) is 9.18 Å². The summed E-state index contributed by atoms with van der Waals surface area (Å²) < 4.78 is 18.1. The molecular weight excluding hydrogens is 245 g/mol. The van der Waals surface area contributed by atoms with Gasteiger partial charge in [-0.15, -0.1) is 0 Å². The first-order chi connectivity index (χ1) is 8.38. The van der Waals surface area contributed by atoms with E-state index < -0.39 is 28.0 Å². The lowest BCUT2D eigenvalue weighted by Crippen LogP contribution is -2.08. The Morgan fingerprint density at radius 1 is 1.61 bits per heavy atom. The van der Waals surface area contributed by atoms with E-state index in [4.69, 9.17) is 9.84 Å². The van der Waals surface area contributed by atoms with E-state index in [0.717, 1.165) is 0 Å². The molecule has 0 spiro atoms. The number of ether oxygens (including phenoxy) is 1. The van der Waals surface area contributed by atoms with Crippen LogP contribution in [0.3, 0.4) is 0 Å². The second-order valence-electron chi connectivity index (χ2n) is 3.27. The fourth-order valence-electron chi connectivity index (χ4n) is 1.44. The molecule has 0 aromatic heterocycles. The van der Waals surface area contributed by atoms with Crippen LogP contribution in [0.1, 0.15) is 22.8 Å². The fraction of sp³-hybridized carbons (Fsp3) is 0.182. The Kier molecular flexibility index (Phi) is 3.98. The largest absolute Gasteiger partial charge is 0.494 e. The molecule has 0 radical (unpaired) electrons. The molecule has 0 bridgehead atoms. The molecule has 1 aromatic carbocycles. The number of benzene rings is 1. The third-order valence-electron chi connectivity index (χ3n) is 2.11. The summed E-state index contributed by atoms with van der Waals surface area (Å²) in [5, 5.41) is 19.7. The van der Waals surface area contributed by atoms with Gasteiger partial charge in [-0.05, 0) is 13.0 Å². The summed E-state index contributed by atoms with van der Waals surface area (Å²) in [6.07, 6.45) is 0. The molecule has 1 rings (SSSR count). The van der Waals surface area contributed by atoms with Crippen LogP contribution in [-0.2, 0) is 4.74 Å². The Morgan fingerprint density at radius 3 is 2.67 bits per heavy atom. The topological polar surface area (TPSA) is 89.7 Å². The molecule has 0 unspecified atom stereocenters. The van der Waals surface area contributed by atoms with Gasteiger partial charge in [0, 0.05) is 0 Å². The van der Waals surface area contributed by atoms with Crippen molar-refractivity contribution >= 4 is 17.4 Å². The Hall–Kier alpha value is -2.44. The van der Waals surface area contributed by atoms with E-state index in [1.165, 1.54) is 0 Å². The van der Waals surface area contributed by atoms with Gasteiger partial charge in [-0.3, -0.25) is 10.1 Å². The van der Waals surface area contributed by atoms with Crippen LogP contribution in [-0.4, -0.2) is 22.6 Å². The van der Waals surface area contributed by atoms with Gasteiger partial charge in [0.15, 0.2) is 0 Å². The van der Waals surface area contributed by atoms with Gasteiger partial charge in [-0.2, -0.15) is 0 Å². The molecule has 0 atom stereocenters. The summed E-state index contributed by atoms with van der Waals surface area (Å²) in [7, 11) is 0. The molecule has 0 saturated carbocycles. The maximum Gasteiger partial charge on any atom is 0.336 e. The molecule has 0 fully saturated rings. The number of nitrogens with zero attached hydrogens (tertiary/aromatic N) is 1. The highest BCUT2D eigenvalue weighted by molar-refractivity contribution is 5.95. The number of nitro groups is 1. The van der Waals surface area contributed by atoms with Crippen molar-refractivity contribution in [2.24, 2.45) is 0 Å². The molecule has 0 heterocycles. The Bertz CT molecular complexity index is 491. The number of rotatable bonds is 5. The lowest BCUT2D eigenvalue weighted by atomic mass is 10.0. The molecule has 0 amide bonds. The first-order valence-electron chi connectivity index (χ1n) is 4.91. The molecule has 6 nitrogen and oxygen atoms in total. The minimum atomic E-state index is -1.49. The first kappa shape index (κ1) is 13.6. The van der Waals surface area contributed by atoms with Crippen molar-refractivity contribution in [1.82, 2.24) is 0 Å². The van der Waals surface area contributed by atoms with Crippen molar-refractivity contribution in [3.05, 3.63) is 45.8 Å². The lowest BCUT2D eigenvalue weighted by Gasteiger charge is -2.10. The average Bonchev–Trinajstić information content (AvgIpc) is 2.27.